The highest BCUT2D eigenvalue weighted by Crippen LogP contribution is 2.24. The Bertz CT molecular complexity index is 1040. The Balaban J connectivity index is 2.27. The Hall–Kier alpha value is -2.49. The molecule has 0 heterocycles. The summed E-state index contributed by atoms with van der Waals surface area (Å²) in [6, 6.07) is 12.6. The van der Waals surface area contributed by atoms with E-state index in [1.165, 1.54) is 17.0 Å². The van der Waals surface area contributed by atoms with Crippen molar-refractivity contribution in [3.8, 4) is 0 Å². The molecule has 190 valence electrons. The molecule has 0 radical (unpaired) electrons. The van der Waals surface area contributed by atoms with E-state index in [1.54, 1.807) is 33.9 Å². The third-order valence-electron chi connectivity index (χ3n) is 5.63. The fraction of sp³-hybridized carbons (Fsp3) is 0.444. The first-order chi connectivity index (χ1) is 16.3. The van der Waals surface area contributed by atoms with Crippen LogP contribution in [0, 0.1) is 20.7 Å². The molecule has 8 heteroatoms. The molecule has 0 fully saturated rings. The molecule has 35 heavy (non-hydrogen) atoms. The zero-order valence-corrected chi connectivity index (χ0v) is 23.4. The summed E-state index contributed by atoms with van der Waals surface area (Å²) in [7, 11) is 1.64. The average Bonchev–Trinajstić information content (AvgIpc) is 2.79. The molecule has 6 nitrogen and oxygen atoms in total. The van der Waals surface area contributed by atoms with Gasteiger partial charge < -0.3 is 15.5 Å². The molecule has 0 saturated carbocycles. The fourth-order valence-electron chi connectivity index (χ4n) is 3.55. The van der Waals surface area contributed by atoms with Crippen LogP contribution in [0.3, 0.4) is 0 Å². The van der Waals surface area contributed by atoms with Crippen molar-refractivity contribution in [2.45, 2.75) is 53.1 Å². The van der Waals surface area contributed by atoms with E-state index in [9.17, 15) is 18.8 Å². The van der Waals surface area contributed by atoms with Crippen molar-refractivity contribution in [1.29, 1.82) is 0 Å². The van der Waals surface area contributed by atoms with Gasteiger partial charge in [-0.15, -0.1) is 0 Å². The topological polar surface area (TPSA) is 78.5 Å². The second-order valence-corrected chi connectivity index (χ2v) is 11.2. The van der Waals surface area contributed by atoms with E-state index in [-0.39, 0.29) is 39.3 Å². The zero-order valence-electron chi connectivity index (χ0n) is 21.2. The van der Waals surface area contributed by atoms with Gasteiger partial charge in [-0.25, -0.2) is 4.39 Å². The first-order valence-electron chi connectivity index (χ1n) is 11.7. The predicted molar refractivity (Wildman–Crippen MR) is 144 cm³/mol. The maximum Gasteiger partial charge on any atom is 0.255 e. The highest BCUT2D eigenvalue weighted by Gasteiger charge is 2.30. The molecule has 0 aliphatic heterocycles. The van der Waals surface area contributed by atoms with Gasteiger partial charge in [0.2, 0.25) is 11.8 Å². The SMILES string of the molecule is CC(C)C[C@H](NC(=O)C(C)(C)C)C(=O)NCC(c1ccccc1)N(C)C(=O)c1cccc(F)c1I. The first-order valence-corrected chi connectivity index (χ1v) is 12.8. The normalized spacial score (nSPS) is 13.2. The second-order valence-electron chi connectivity index (χ2n) is 10.1. The maximum atomic E-state index is 14.1. The van der Waals surface area contributed by atoms with Crippen molar-refractivity contribution in [1.82, 2.24) is 15.5 Å². The number of hydrogen-bond acceptors (Lipinski definition) is 3. The third kappa shape index (κ3) is 8.02. The molecule has 0 spiro atoms. The van der Waals surface area contributed by atoms with E-state index in [0.29, 0.717) is 6.42 Å². The van der Waals surface area contributed by atoms with E-state index in [0.717, 1.165) is 5.56 Å². The van der Waals surface area contributed by atoms with Crippen molar-refractivity contribution in [3.05, 3.63) is 69.0 Å². The smallest absolute Gasteiger partial charge is 0.255 e. The van der Waals surface area contributed by atoms with Crippen LogP contribution in [0.4, 0.5) is 4.39 Å². The zero-order chi connectivity index (χ0) is 26.3. The molecule has 3 amide bonds. The van der Waals surface area contributed by atoms with Gasteiger partial charge in [0.1, 0.15) is 11.9 Å². The molecular formula is C27H35FIN3O3. The fourth-order valence-corrected chi connectivity index (χ4v) is 4.14. The predicted octanol–water partition coefficient (Wildman–Crippen LogP) is 4.94. The maximum absolute atomic E-state index is 14.1. The van der Waals surface area contributed by atoms with Gasteiger partial charge >= 0.3 is 0 Å². The Morgan fingerprint density at radius 2 is 1.66 bits per heavy atom. The van der Waals surface area contributed by atoms with Crippen molar-refractivity contribution in [2.24, 2.45) is 11.3 Å². The van der Waals surface area contributed by atoms with Crippen LogP contribution in [0.1, 0.15) is 63.0 Å². The number of carbonyl (C=O) groups is 3. The lowest BCUT2D eigenvalue weighted by Crippen LogP contribution is -2.51. The molecule has 2 N–H and O–H groups in total. The number of amides is 3. The monoisotopic (exact) mass is 595 g/mol. The Kier molecular flexibility index (Phi) is 10.2. The van der Waals surface area contributed by atoms with E-state index in [1.807, 2.05) is 66.8 Å². The van der Waals surface area contributed by atoms with Crippen molar-refractivity contribution >= 4 is 40.3 Å². The molecule has 0 aliphatic rings. The van der Waals surface area contributed by atoms with Crippen LogP contribution < -0.4 is 10.6 Å². The minimum atomic E-state index is -0.691. The number of hydrogen-bond donors (Lipinski definition) is 2. The van der Waals surface area contributed by atoms with Gasteiger partial charge in [0.05, 0.1) is 15.2 Å². The molecule has 2 rings (SSSR count). The molecule has 2 aromatic carbocycles. The van der Waals surface area contributed by atoms with Crippen LogP contribution in [0.5, 0.6) is 0 Å². The van der Waals surface area contributed by atoms with Crippen molar-refractivity contribution < 1.29 is 18.8 Å². The minimum Gasteiger partial charge on any atom is -0.352 e. The Morgan fingerprint density at radius 1 is 1.03 bits per heavy atom. The molecule has 0 aromatic heterocycles. The lowest BCUT2D eigenvalue weighted by Gasteiger charge is -2.31. The number of rotatable bonds is 9. The standard InChI is InChI=1S/C27H35FIN3O3/c1-17(2)15-21(31-26(35)27(3,4)5)24(33)30-16-22(18-11-8-7-9-12-18)32(6)25(34)19-13-10-14-20(28)23(19)29/h7-14,17,21-22H,15-16H2,1-6H3,(H,30,33)(H,31,35)/t21-,22?/m0/s1. The quantitative estimate of drug-likeness (QED) is 0.404. The van der Waals surface area contributed by atoms with Gasteiger partial charge in [-0.3, -0.25) is 14.4 Å². The van der Waals surface area contributed by atoms with Gasteiger partial charge in [0, 0.05) is 19.0 Å². The van der Waals surface area contributed by atoms with Crippen molar-refractivity contribution in [2.75, 3.05) is 13.6 Å². The number of carbonyl (C=O) groups excluding carboxylic acids is 3. The van der Waals surface area contributed by atoms with Gasteiger partial charge in [0.25, 0.3) is 5.91 Å². The summed E-state index contributed by atoms with van der Waals surface area (Å²) in [5.74, 6) is -1.13. The summed E-state index contributed by atoms with van der Waals surface area (Å²) < 4.78 is 14.3. The van der Waals surface area contributed by atoms with Crippen molar-refractivity contribution in [3.63, 3.8) is 0 Å². The third-order valence-corrected chi connectivity index (χ3v) is 6.73. The van der Waals surface area contributed by atoms with Gasteiger partial charge in [0.15, 0.2) is 0 Å². The molecule has 2 aromatic rings. The minimum absolute atomic E-state index is 0.136. The summed E-state index contributed by atoms with van der Waals surface area (Å²) in [5.41, 5.74) is 0.460. The summed E-state index contributed by atoms with van der Waals surface area (Å²) >= 11 is 1.83. The number of likely N-dealkylation sites (N-methyl/N-ethyl adjacent to an activating group) is 1. The highest BCUT2D eigenvalue weighted by atomic mass is 127. The van der Waals surface area contributed by atoms with E-state index < -0.39 is 23.3 Å². The lowest BCUT2D eigenvalue weighted by atomic mass is 9.94. The van der Waals surface area contributed by atoms with E-state index >= 15 is 0 Å². The lowest BCUT2D eigenvalue weighted by molar-refractivity contribution is -0.133. The molecule has 1 unspecified atom stereocenters. The summed E-state index contributed by atoms with van der Waals surface area (Å²) in [5, 5.41) is 5.80. The summed E-state index contributed by atoms with van der Waals surface area (Å²) in [4.78, 5) is 40.5. The average molecular weight is 595 g/mol. The van der Waals surface area contributed by atoms with Gasteiger partial charge in [-0.05, 0) is 52.6 Å². The molecule has 2 atom stereocenters. The number of nitrogens with zero attached hydrogens (tertiary/aromatic N) is 1. The number of nitrogens with one attached hydrogen (secondary N) is 2. The van der Waals surface area contributed by atoms with Crippen LogP contribution in [-0.4, -0.2) is 42.3 Å². The first kappa shape index (κ1) is 28.7. The van der Waals surface area contributed by atoms with E-state index in [4.69, 9.17) is 0 Å². The van der Waals surface area contributed by atoms with Gasteiger partial charge in [-0.2, -0.15) is 0 Å². The summed E-state index contributed by atoms with van der Waals surface area (Å²) in [6.45, 7) is 9.51. The van der Waals surface area contributed by atoms with Crippen LogP contribution in [0.2, 0.25) is 0 Å². The van der Waals surface area contributed by atoms with E-state index in [2.05, 4.69) is 10.6 Å². The molecular weight excluding hydrogens is 560 g/mol. The van der Waals surface area contributed by atoms with Crippen LogP contribution in [0.15, 0.2) is 48.5 Å². The Morgan fingerprint density at radius 3 is 2.23 bits per heavy atom. The highest BCUT2D eigenvalue weighted by molar-refractivity contribution is 14.1. The summed E-state index contributed by atoms with van der Waals surface area (Å²) in [6.07, 6.45) is 0.486. The number of halogens is 2. The largest absolute Gasteiger partial charge is 0.352 e. The van der Waals surface area contributed by atoms with Crippen LogP contribution in [0.25, 0.3) is 0 Å². The molecule has 0 saturated heterocycles. The Labute approximate surface area is 221 Å². The van der Waals surface area contributed by atoms with Gasteiger partial charge in [-0.1, -0.05) is 71.0 Å². The molecule has 0 bridgehead atoms. The molecule has 0 aliphatic carbocycles. The number of benzene rings is 2. The second kappa shape index (κ2) is 12.5. The van der Waals surface area contributed by atoms with Crippen LogP contribution in [-0.2, 0) is 9.59 Å². The van der Waals surface area contributed by atoms with Crippen LogP contribution >= 0.6 is 22.6 Å².